The molecule has 5 nitrogen and oxygen atoms in total. The van der Waals surface area contributed by atoms with Crippen molar-refractivity contribution in [2.45, 2.75) is 46.0 Å². The molecule has 1 aromatic heterocycles. The average Bonchev–Trinajstić information content (AvgIpc) is 2.95. The summed E-state index contributed by atoms with van der Waals surface area (Å²) >= 11 is 0. The van der Waals surface area contributed by atoms with Gasteiger partial charge in [-0.15, -0.1) is 0 Å². The molecule has 2 aromatic rings. The second-order valence-electron chi connectivity index (χ2n) is 6.80. The van der Waals surface area contributed by atoms with Crippen LogP contribution in [0.1, 0.15) is 54.2 Å². The summed E-state index contributed by atoms with van der Waals surface area (Å²) < 4.78 is 5.41. The smallest absolute Gasteiger partial charge is 0.339 e. The number of aromatic nitrogens is 1. The first-order chi connectivity index (χ1) is 12.6. The molecule has 1 aliphatic rings. The lowest BCUT2D eigenvalue weighted by Crippen LogP contribution is -2.35. The van der Waals surface area contributed by atoms with Gasteiger partial charge in [-0.25, -0.2) is 4.79 Å². The predicted molar refractivity (Wildman–Crippen MR) is 101 cm³/mol. The number of likely N-dealkylation sites (tertiary alicyclic amines) is 1. The van der Waals surface area contributed by atoms with Crippen molar-refractivity contribution in [1.29, 1.82) is 0 Å². The molecule has 5 heteroatoms. The number of carbonyl (C=O) groups excluding carboxylic acids is 2. The molecule has 1 saturated heterocycles. The van der Waals surface area contributed by atoms with Crippen LogP contribution in [-0.2, 0) is 16.0 Å². The number of amides is 1. The first kappa shape index (κ1) is 18.4. The molecule has 0 unspecified atom stereocenters. The maximum atomic E-state index is 12.8. The lowest BCUT2D eigenvalue weighted by atomic mass is 10.0. The molecule has 2 heterocycles. The predicted octanol–water partition coefficient (Wildman–Crippen LogP) is 3.67. The highest BCUT2D eigenvalue weighted by Gasteiger charge is 2.21. The van der Waals surface area contributed by atoms with Crippen LogP contribution in [0.15, 0.2) is 24.3 Å². The van der Waals surface area contributed by atoms with Gasteiger partial charge in [-0.05, 0) is 37.8 Å². The van der Waals surface area contributed by atoms with Crippen LogP contribution in [0.4, 0.5) is 0 Å². The Morgan fingerprint density at radius 1 is 1.12 bits per heavy atom. The van der Waals surface area contributed by atoms with Gasteiger partial charge in [0, 0.05) is 24.2 Å². The zero-order valence-corrected chi connectivity index (χ0v) is 15.6. The maximum absolute atomic E-state index is 12.8. The maximum Gasteiger partial charge on any atom is 0.339 e. The summed E-state index contributed by atoms with van der Waals surface area (Å²) in [6.07, 6.45) is 5.10. The van der Waals surface area contributed by atoms with Crippen LogP contribution < -0.4 is 0 Å². The van der Waals surface area contributed by atoms with Crippen molar-refractivity contribution in [2.24, 2.45) is 0 Å². The summed E-state index contributed by atoms with van der Waals surface area (Å²) in [5, 5.41) is 0.773. The van der Waals surface area contributed by atoms with Crippen LogP contribution >= 0.6 is 0 Å². The van der Waals surface area contributed by atoms with Gasteiger partial charge in [0.15, 0.2) is 6.61 Å². The fourth-order valence-corrected chi connectivity index (χ4v) is 3.58. The molecule has 1 amide bonds. The van der Waals surface area contributed by atoms with Gasteiger partial charge >= 0.3 is 5.97 Å². The number of aryl methyl sites for hydroxylation is 1. The molecular formula is C21H26N2O3. The van der Waals surface area contributed by atoms with Crippen LogP contribution in [-0.4, -0.2) is 41.5 Å². The summed E-state index contributed by atoms with van der Waals surface area (Å²) in [6.45, 7) is 5.23. The number of nitrogens with zero attached hydrogens (tertiary/aromatic N) is 2. The Kier molecular flexibility index (Phi) is 5.86. The molecule has 0 saturated carbocycles. The lowest BCUT2D eigenvalue weighted by molar-refractivity contribution is -0.134. The van der Waals surface area contributed by atoms with Crippen LogP contribution in [0, 0.1) is 6.92 Å². The number of ether oxygens (including phenoxy) is 1. The zero-order chi connectivity index (χ0) is 18.5. The van der Waals surface area contributed by atoms with Gasteiger partial charge in [0.25, 0.3) is 5.91 Å². The van der Waals surface area contributed by atoms with E-state index in [4.69, 9.17) is 4.74 Å². The fourth-order valence-electron chi connectivity index (χ4n) is 3.58. The van der Waals surface area contributed by atoms with Gasteiger partial charge < -0.3 is 9.64 Å². The van der Waals surface area contributed by atoms with Gasteiger partial charge in [-0.2, -0.15) is 0 Å². The molecule has 0 radical (unpaired) electrons. The van der Waals surface area contributed by atoms with Gasteiger partial charge in [-0.3, -0.25) is 9.78 Å². The third-order valence-corrected chi connectivity index (χ3v) is 5.06. The van der Waals surface area contributed by atoms with Crippen molar-refractivity contribution in [3.8, 4) is 0 Å². The van der Waals surface area contributed by atoms with E-state index in [1.807, 2.05) is 43.0 Å². The third-order valence-electron chi connectivity index (χ3n) is 5.06. The Morgan fingerprint density at radius 3 is 2.50 bits per heavy atom. The van der Waals surface area contributed by atoms with E-state index < -0.39 is 5.97 Å². The normalized spacial score (nSPS) is 14.9. The summed E-state index contributed by atoms with van der Waals surface area (Å²) in [5.41, 5.74) is 3.02. The molecule has 3 rings (SSSR count). The molecule has 0 bridgehead atoms. The number of hydrogen-bond donors (Lipinski definition) is 0. The number of esters is 1. The van der Waals surface area contributed by atoms with Crippen LogP contribution in [0.25, 0.3) is 10.9 Å². The van der Waals surface area contributed by atoms with Crippen molar-refractivity contribution in [1.82, 2.24) is 9.88 Å². The van der Waals surface area contributed by atoms with Gasteiger partial charge in [-0.1, -0.05) is 38.0 Å². The Balaban J connectivity index is 1.79. The number of carbonyl (C=O) groups is 2. The minimum Gasteiger partial charge on any atom is -0.452 e. The molecule has 0 aliphatic carbocycles. The molecule has 138 valence electrons. The van der Waals surface area contributed by atoms with Crippen molar-refractivity contribution in [2.75, 3.05) is 19.7 Å². The number of hydrogen-bond acceptors (Lipinski definition) is 4. The van der Waals surface area contributed by atoms with Crippen molar-refractivity contribution in [3.05, 3.63) is 41.1 Å². The van der Waals surface area contributed by atoms with E-state index in [0.717, 1.165) is 67.4 Å². The molecule has 0 atom stereocenters. The monoisotopic (exact) mass is 354 g/mol. The number of rotatable bonds is 4. The standard InChI is InChI=1S/C21H26N2O3/c1-3-17-15(2)20(16-10-6-7-11-18(16)22-17)21(25)26-14-19(24)23-12-8-4-5-9-13-23/h6-7,10-11H,3-5,8-9,12-14H2,1-2H3. The summed E-state index contributed by atoms with van der Waals surface area (Å²) in [6, 6.07) is 7.56. The minimum atomic E-state index is -0.445. The van der Waals surface area contributed by atoms with Crippen LogP contribution in [0.2, 0.25) is 0 Å². The Morgan fingerprint density at radius 2 is 1.81 bits per heavy atom. The quantitative estimate of drug-likeness (QED) is 0.786. The first-order valence-electron chi connectivity index (χ1n) is 9.45. The Hall–Kier alpha value is -2.43. The topological polar surface area (TPSA) is 59.5 Å². The van der Waals surface area contributed by atoms with E-state index in [2.05, 4.69) is 4.98 Å². The first-order valence-corrected chi connectivity index (χ1v) is 9.45. The fraction of sp³-hybridized carbons (Fsp3) is 0.476. The van der Waals surface area contributed by atoms with Crippen molar-refractivity contribution < 1.29 is 14.3 Å². The third kappa shape index (κ3) is 3.87. The molecule has 1 fully saturated rings. The molecule has 1 aliphatic heterocycles. The largest absolute Gasteiger partial charge is 0.452 e. The Labute approximate surface area is 154 Å². The molecule has 1 aromatic carbocycles. The van der Waals surface area contributed by atoms with Crippen LogP contribution in [0.5, 0.6) is 0 Å². The summed E-state index contributed by atoms with van der Waals surface area (Å²) in [7, 11) is 0. The van der Waals surface area contributed by atoms with Crippen molar-refractivity contribution >= 4 is 22.8 Å². The van der Waals surface area contributed by atoms with Gasteiger partial charge in [0.05, 0.1) is 11.1 Å². The number of pyridine rings is 1. The van der Waals surface area contributed by atoms with Gasteiger partial charge in [0.2, 0.25) is 0 Å². The number of fused-ring (bicyclic) bond motifs is 1. The molecular weight excluding hydrogens is 328 g/mol. The van der Waals surface area contributed by atoms with E-state index in [9.17, 15) is 9.59 Å². The highest BCUT2D eigenvalue weighted by atomic mass is 16.5. The van der Waals surface area contributed by atoms with E-state index in [0.29, 0.717) is 5.56 Å². The SMILES string of the molecule is CCc1nc2ccccc2c(C(=O)OCC(=O)N2CCCCCC2)c1C. The number of benzene rings is 1. The zero-order valence-electron chi connectivity index (χ0n) is 15.6. The second kappa shape index (κ2) is 8.30. The minimum absolute atomic E-state index is 0.105. The summed E-state index contributed by atoms with van der Waals surface area (Å²) in [5.74, 6) is -0.550. The number of para-hydroxylation sites is 1. The summed E-state index contributed by atoms with van der Waals surface area (Å²) in [4.78, 5) is 31.6. The average molecular weight is 354 g/mol. The molecule has 26 heavy (non-hydrogen) atoms. The molecule has 0 N–H and O–H groups in total. The van der Waals surface area contributed by atoms with Gasteiger partial charge in [0.1, 0.15) is 0 Å². The molecule has 0 spiro atoms. The highest BCUT2D eigenvalue weighted by Crippen LogP contribution is 2.24. The van der Waals surface area contributed by atoms with E-state index in [1.54, 1.807) is 0 Å². The lowest BCUT2D eigenvalue weighted by Gasteiger charge is -2.20. The van der Waals surface area contributed by atoms with E-state index in [-0.39, 0.29) is 12.5 Å². The second-order valence-corrected chi connectivity index (χ2v) is 6.80. The Bertz CT molecular complexity index is 808. The van der Waals surface area contributed by atoms with Crippen molar-refractivity contribution in [3.63, 3.8) is 0 Å². The van der Waals surface area contributed by atoms with E-state index in [1.165, 1.54) is 0 Å². The van der Waals surface area contributed by atoms with E-state index >= 15 is 0 Å². The van der Waals surface area contributed by atoms with Crippen LogP contribution in [0.3, 0.4) is 0 Å². The highest BCUT2D eigenvalue weighted by molar-refractivity contribution is 6.05.